The Balaban J connectivity index is 2.18. The Hall–Kier alpha value is -2.37. The average Bonchev–Trinajstić information content (AvgIpc) is 2.50. The molecule has 6 heteroatoms. The highest BCUT2D eigenvalue weighted by Gasteiger charge is 2.16. The van der Waals surface area contributed by atoms with E-state index in [-0.39, 0.29) is 12.4 Å². The van der Waals surface area contributed by atoms with E-state index in [0.29, 0.717) is 16.4 Å². The highest BCUT2D eigenvalue weighted by atomic mass is 35.5. The lowest BCUT2D eigenvalue weighted by atomic mass is 10.0. The van der Waals surface area contributed by atoms with Crippen LogP contribution in [0.25, 0.3) is 0 Å². The number of hydrogen-bond acceptors (Lipinski definition) is 5. The first-order valence-electron chi connectivity index (χ1n) is 6.31. The van der Waals surface area contributed by atoms with Crippen molar-refractivity contribution in [2.24, 2.45) is 10.1 Å². The van der Waals surface area contributed by atoms with Gasteiger partial charge in [-0.25, -0.2) is 4.99 Å². The number of benzene rings is 2. The molecule has 3 rings (SSSR count). The van der Waals surface area contributed by atoms with Crippen molar-refractivity contribution in [2.75, 3.05) is 6.61 Å². The molecule has 0 fully saturated rings. The standard InChI is InChI=1S/C15H12ClN3O2/c16-11-6-7-13-12(8-11)15(10-4-2-1-3-5-10)19-21-9-14(17-13)18-20/h1-8,20H,9H2,(H,17,18). The monoisotopic (exact) mass is 301 g/mol. The van der Waals surface area contributed by atoms with Crippen LogP contribution in [0.4, 0.5) is 5.69 Å². The van der Waals surface area contributed by atoms with E-state index in [1.54, 1.807) is 18.2 Å². The maximum atomic E-state index is 9.04. The molecule has 1 aliphatic rings. The summed E-state index contributed by atoms with van der Waals surface area (Å²) in [5, 5.41) is 13.8. The van der Waals surface area contributed by atoms with Crippen LogP contribution in [0.5, 0.6) is 0 Å². The van der Waals surface area contributed by atoms with Crippen LogP contribution in [-0.2, 0) is 4.84 Å². The predicted molar refractivity (Wildman–Crippen MR) is 81.5 cm³/mol. The second-order valence-corrected chi connectivity index (χ2v) is 4.85. The zero-order valence-electron chi connectivity index (χ0n) is 11.0. The molecule has 0 spiro atoms. The minimum absolute atomic E-state index is 0.0505. The maximum Gasteiger partial charge on any atom is 0.176 e. The Labute approximate surface area is 126 Å². The molecular weight excluding hydrogens is 290 g/mol. The van der Waals surface area contributed by atoms with Crippen LogP contribution in [0.2, 0.25) is 5.02 Å². The number of oxime groups is 1. The molecule has 1 aliphatic heterocycles. The van der Waals surface area contributed by atoms with E-state index in [1.807, 2.05) is 35.8 Å². The molecule has 0 bridgehead atoms. The van der Waals surface area contributed by atoms with Gasteiger partial charge in [0.15, 0.2) is 12.4 Å². The quantitative estimate of drug-likeness (QED) is 0.795. The van der Waals surface area contributed by atoms with Gasteiger partial charge in [-0.3, -0.25) is 10.7 Å². The molecule has 0 aliphatic carbocycles. The smallest absolute Gasteiger partial charge is 0.176 e. The van der Waals surface area contributed by atoms with Crippen LogP contribution in [0.1, 0.15) is 11.1 Å². The number of hydroxylamine groups is 1. The van der Waals surface area contributed by atoms with Gasteiger partial charge >= 0.3 is 0 Å². The first-order valence-corrected chi connectivity index (χ1v) is 6.68. The van der Waals surface area contributed by atoms with E-state index < -0.39 is 0 Å². The number of halogens is 1. The molecule has 5 nitrogen and oxygen atoms in total. The Kier molecular flexibility index (Phi) is 3.85. The largest absolute Gasteiger partial charge is 0.387 e. The number of fused-ring (bicyclic) bond motifs is 1. The SMILES string of the molecule is ONC1=Nc2ccc(Cl)cc2C(c2ccccc2)=NOC1. The van der Waals surface area contributed by atoms with Crippen molar-refractivity contribution in [3.05, 3.63) is 64.7 Å². The van der Waals surface area contributed by atoms with Crippen molar-refractivity contribution in [3.8, 4) is 0 Å². The van der Waals surface area contributed by atoms with E-state index in [0.717, 1.165) is 11.1 Å². The van der Waals surface area contributed by atoms with Gasteiger partial charge in [0.2, 0.25) is 0 Å². The third-order valence-corrected chi connectivity index (χ3v) is 3.24. The molecular formula is C15H12ClN3O2. The van der Waals surface area contributed by atoms with Crippen LogP contribution in [0.3, 0.4) is 0 Å². The fraction of sp³-hybridized carbons (Fsp3) is 0.0667. The van der Waals surface area contributed by atoms with Gasteiger partial charge in [-0.05, 0) is 18.2 Å². The number of nitrogens with zero attached hydrogens (tertiary/aromatic N) is 2. The predicted octanol–water partition coefficient (Wildman–Crippen LogP) is 3.13. The van der Waals surface area contributed by atoms with E-state index in [1.165, 1.54) is 0 Å². The molecule has 2 aromatic rings. The fourth-order valence-electron chi connectivity index (χ4n) is 2.04. The molecule has 0 unspecified atom stereocenters. The van der Waals surface area contributed by atoms with Gasteiger partial charge in [-0.15, -0.1) is 0 Å². The van der Waals surface area contributed by atoms with Crippen molar-refractivity contribution in [2.45, 2.75) is 0 Å². The summed E-state index contributed by atoms with van der Waals surface area (Å²) in [6.07, 6.45) is 0. The average molecular weight is 302 g/mol. The summed E-state index contributed by atoms with van der Waals surface area (Å²) >= 11 is 6.08. The molecule has 0 radical (unpaired) electrons. The van der Waals surface area contributed by atoms with E-state index >= 15 is 0 Å². The van der Waals surface area contributed by atoms with E-state index in [4.69, 9.17) is 21.6 Å². The third kappa shape index (κ3) is 2.89. The lowest BCUT2D eigenvalue weighted by Gasteiger charge is -2.14. The van der Waals surface area contributed by atoms with Crippen LogP contribution < -0.4 is 5.48 Å². The molecule has 0 amide bonds. The Morgan fingerprint density at radius 3 is 2.71 bits per heavy atom. The minimum atomic E-state index is 0.0505. The Bertz CT molecular complexity index is 714. The lowest BCUT2D eigenvalue weighted by molar-refractivity contribution is 0.164. The third-order valence-electron chi connectivity index (χ3n) is 3.00. The highest BCUT2D eigenvalue weighted by Crippen LogP contribution is 2.27. The van der Waals surface area contributed by atoms with Gasteiger partial charge in [0.25, 0.3) is 0 Å². The van der Waals surface area contributed by atoms with Crippen LogP contribution in [-0.4, -0.2) is 23.4 Å². The maximum absolute atomic E-state index is 9.04. The van der Waals surface area contributed by atoms with Crippen molar-refractivity contribution in [1.29, 1.82) is 0 Å². The van der Waals surface area contributed by atoms with Crippen molar-refractivity contribution < 1.29 is 10.0 Å². The topological polar surface area (TPSA) is 66.2 Å². The number of amidine groups is 1. The molecule has 0 saturated heterocycles. The minimum Gasteiger partial charge on any atom is -0.387 e. The first-order chi connectivity index (χ1) is 10.3. The van der Waals surface area contributed by atoms with Crippen molar-refractivity contribution >= 4 is 28.8 Å². The Morgan fingerprint density at radius 1 is 1.14 bits per heavy atom. The lowest BCUT2D eigenvalue weighted by Crippen LogP contribution is -2.25. The van der Waals surface area contributed by atoms with Gasteiger partial charge < -0.3 is 4.84 Å². The van der Waals surface area contributed by atoms with Gasteiger partial charge in [0.1, 0.15) is 5.71 Å². The van der Waals surface area contributed by atoms with Crippen LogP contribution >= 0.6 is 11.6 Å². The van der Waals surface area contributed by atoms with Gasteiger partial charge in [0.05, 0.1) is 5.69 Å². The van der Waals surface area contributed by atoms with Crippen LogP contribution in [0, 0.1) is 0 Å². The number of rotatable bonds is 1. The number of hydrogen-bond donors (Lipinski definition) is 2. The molecule has 106 valence electrons. The first kappa shape index (κ1) is 13.6. The molecule has 0 aromatic heterocycles. The highest BCUT2D eigenvalue weighted by molar-refractivity contribution is 6.31. The van der Waals surface area contributed by atoms with Gasteiger partial charge in [0, 0.05) is 16.1 Å². The summed E-state index contributed by atoms with van der Waals surface area (Å²) in [7, 11) is 0. The molecule has 2 N–H and O–H groups in total. The molecule has 2 aromatic carbocycles. The summed E-state index contributed by atoms with van der Waals surface area (Å²) in [5.74, 6) is 0.273. The fourth-order valence-corrected chi connectivity index (χ4v) is 2.21. The summed E-state index contributed by atoms with van der Waals surface area (Å²) in [5.41, 5.74) is 4.94. The second kappa shape index (κ2) is 5.95. The Morgan fingerprint density at radius 2 is 1.95 bits per heavy atom. The number of aliphatic imine (C=N–C) groups is 1. The molecule has 0 saturated carbocycles. The summed E-state index contributed by atoms with van der Waals surface area (Å²) in [6, 6.07) is 14.9. The summed E-state index contributed by atoms with van der Waals surface area (Å²) in [6.45, 7) is 0.0505. The van der Waals surface area contributed by atoms with Gasteiger partial charge in [-0.2, -0.15) is 0 Å². The zero-order chi connectivity index (χ0) is 14.7. The number of nitrogens with one attached hydrogen (secondary N) is 1. The second-order valence-electron chi connectivity index (χ2n) is 4.41. The molecule has 21 heavy (non-hydrogen) atoms. The summed E-state index contributed by atoms with van der Waals surface area (Å²) in [4.78, 5) is 9.56. The molecule has 1 heterocycles. The van der Waals surface area contributed by atoms with Crippen molar-refractivity contribution in [3.63, 3.8) is 0 Å². The molecule has 0 atom stereocenters. The van der Waals surface area contributed by atoms with Crippen molar-refractivity contribution in [1.82, 2.24) is 5.48 Å². The van der Waals surface area contributed by atoms with E-state index in [2.05, 4.69) is 10.1 Å². The van der Waals surface area contributed by atoms with E-state index in [9.17, 15) is 0 Å². The zero-order valence-corrected chi connectivity index (χ0v) is 11.7. The van der Waals surface area contributed by atoms with Gasteiger partial charge in [-0.1, -0.05) is 47.1 Å². The van der Waals surface area contributed by atoms with Crippen LogP contribution in [0.15, 0.2) is 58.7 Å². The normalized spacial score (nSPS) is 14.0. The summed E-state index contributed by atoms with van der Waals surface area (Å²) < 4.78 is 0.